The Kier molecular flexibility index (Phi) is 27.6. The number of hydrogen-bond donors (Lipinski definition) is 4. The lowest BCUT2D eigenvalue weighted by atomic mass is 10.1. The highest BCUT2D eigenvalue weighted by Gasteiger charge is 2.36. The van der Waals surface area contributed by atoms with Gasteiger partial charge < -0.3 is 97.0 Å². The predicted octanol–water partition coefficient (Wildman–Crippen LogP) is 7.47. The molecule has 9 heterocycles. The number of aliphatic imine (C=N–C) groups is 1. The van der Waals surface area contributed by atoms with E-state index < -0.39 is 116 Å². The summed E-state index contributed by atoms with van der Waals surface area (Å²) in [4.78, 5) is 105. The summed E-state index contributed by atoms with van der Waals surface area (Å²) in [6, 6.07) is 2.46. The number of esters is 3. The van der Waals surface area contributed by atoms with E-state index in [1.165, 1.54) is 48.0 Å². The molecule has 0 bridgehead atoms. The van der Waals surface area contributed by atoms with Gasteiger partial charge in [0.05, 0.1) is 95.5 Å². The third-order valence-corrected chi connectivity index (χ3v) is 20.6. The summed E-state index contributed by atoms with van der Waals surface area (Å²) in [5.41, 5.74) is -3.31. The number of fused-ring (bicyclic) bond motifs is 1. The number of ether oxygens (including phenoxy) is 5. The number of aliphatic hydroxyl groups is 3. The maximum absolute atomic E-state index is 15.6. The van der Waals surface area contributed by atoms with Crippen LogP contribution in [0.1, 0.15) is 103 Å². The molecule has 0 saturated carbocycles. The summed E-state index contributed by atoms with van der Waals surface area (Å²) in [5.74, 6) is -11.0. The van der Waals surface area contributed by atoms with Gasteiger partial charge in [-0.25, -0.2) is 49.9 Å². The summed E-state index contributed by atoms with van der Waals surface area (Å²) in [5, 5.41) is 38.4. The average molecular weight is 1590 g/mol. The molecule has 7 aromatic rings. The largest absolute Gasteiger partial charge is 0.506 e. The zero-order chi connectivity index (χ0) is 82.3. The minimum absolute atomic E-state index is 0.0434. The number of halogens is 7. The molecule has 4 fully saturated rings. The highest BCUT2D eigenvalue weighted by Crippen LogP contribution is 2.45. The van der Waals surface area contributed by atoms with Crippen LogP contribution in [-0.4, -0.2) is 269 Å². The van der Waals surface area contributed by atoms with E-state index in [1.54, 1.807) is 30.2 Å². The lowest BCUT2D eigenvalue weighted by molar-refractivity contribution is -0.137. The van der Waals surface area contributed by atoms with Gasteiger partial charge in [-0.3, -0.25) is 19.4 Å². The van der Waals surface area contributed by atoms with Gasteiger partial charge in [-0.15, -0.1) is 0 Å². The number of anilines is 4. The van der Waals surface area contributed by atoms with Crippen molar-refractivity contribution in [3.8, 4) is 11.5 Å². The zero-order valence-corrected chi connectivity index (χ0v) is 64.9. The minimum Gasteiger partial charge on any atom is -0.506 e. The molecule has 13 rings (SSSR count). The molecule has 6 aliphatic heterocycles. The molecule has 113 heavy (non-hydrogen) atoms. The van der Waals surface area contributed by atoms with Gasteiger partial charge in [-0.2, -0.15) is 0 Å². The molecule has 0 amide bonds. The van der Waals surface area contributed by atoms with Crippen LogP contribution < -0.4 is 45.4 Å². The Morgan fingerprint density at radius 1 is 0.487 bits per heavy atom. The number of nitrogens with zero attached hydrogens (tertiary/aromatic N) is 12. The summed E-state index contributed by atoms with van der Waals surface area (Å²) in [6.45, 7) is 21.6. The van der Waals surface area contributed by atoms with Crippen molar-refractivity contribution in [2.75, 3.05) is 199 Å². The first kappa shape index (κ1) is 85.1. The van der Waals surface area contributed by atoms with Gasteiger partial charge in [0.1, 0.15) is 75.6 Å². The molecular weight excluding hydrogens is 1490 g/mol. The molecule has 4 N–H and O–H groups in total. The molecule has 4 saturated heterocycles. The van der Waals surface area contributed by atoms with E-state index in [-0.39, 0.29) is 95.8 Å². The Bertz CT molecular complexity index is 5010. The van der Waals surface area contributed by atoms with E-state index in [0.29, 0.717) is 125 Å². The van der Waals surface area contributed by atoms with Crippen molar-refractivity contribution in [3.63, 3.8) is 0 Å². The third-order valence-electron chi connectivity index (χ3n) is 20.6. The number of aromatic carboxylic acids is 1. The van der Waals surface area contributed by atoms with Crippen LogP contribution in [0.4, 0.5) is 53.5 Å². The predicted molar refractivity (Wildman–Crippen MR) is 412 cm³/mol. The average Bonchev–Trinajstić information content (AvgIpc) is 0.738. The smallest absolute Gasteiger partial charge is 0.343 e. The normalized spacial score (nSPS) is 18.3. The fourth-order valence-electron chi connectivity index (χ4n) is 14.0. The van der Waals surface area contributed by atoms with Crippen LogP contribution in [0.3, 0.4) is 0 Å². The third kappa shape index (κ3) is 17.9. The fourth-order valence-corrected chi connectivity index (χ4v) is 14.0. The highest BCUT2D eigenvalue weighted by atomic mass is 19.2. The topological polar surface area (TPSA) is 300 Å². The molecule has 0 spiro atoms. The first-order valence-electron chi connectivity index (χ1n) is 37.3. The maximum Gasteiger partial charge on any atom is 0.343 e. The van der Waals surface area contributed by atoms with Crippen molar-refractivity contribution >= 4 is 91.3 Å². The van der Waals surface area contributed by atoms with Gasteiger partial charge in [0.2, 0.25) is 16.3 Å². The zero-order valence-electron chi connectivity index (χ0n) is 64.9. The molecule has 0 radical (unpaired) electrons. The van der Waals surface area contributed by atoms with Crippen LogP contribution in [0.5, 0.6) is 11.5 Å². The second-order valence-corrected chi connectivity index (χ2v) is 28.6. The molecule has 612 valence electrons. The van der Waals surface area contributed by atoms with Crippen LogP contribution in [0.2, 0.25) is 0 Å². The molecule has 3 aromatic heterocycles. The Balaban J connectivity index is 0.000000160. The number of hydrogen-bond acceptors (Lipinski definition) is 24. The number of aliphatic hydroxyl groups excluding tert-OH is 3. The van der Waals surface area contributed by atoms with Crippen LogP contribution in [-0.2, 0) is 19.0 Å². The summed E-state index contributed by atoms with van der Waals surface area (Å²) < 4.78 is 136. The van der Waals surface area contributed by atoms with Crippen molar-refractivity contribution in [1.29, 1.82) is 0 Å². The molecule has 28 nitrogen and oxygen atoms in total. The maximum atomic E-state index is 15.6. The van der Waals surface area contributed by atoms with Gasteiger partial charge in [0, 0.05) is 130 Å². The highest BCUT2D eigenvalue weighted by molar-refractivity contribution is 6.15. The molecule has 35 heteroatoms. The van der Waals surface area contributed by atoms with E-state index in [9.17, 15) is 70.8 Å². The van der Waals surface area contributed by atoms with Crippen molar-refractivity contribution in [2.45, 2.75) is 72.6 Å². The number of piperazine rings is 4. The number of carboxylic acids is 1. The quantitative estimate of drug-likeness (QED) is 0.0131. The minimum atomic E-state index is -1.49. The van der Waals surface area contributed by atoms with Gasteiger partial charge in [-0.05, 0) is 101 Å². The van der Waals surface area contributed by atoms with Crippen LogP contribution in [0, 0.1) is 40.7 Å². The Morgan fingerprint density at radius 2 is 0.850 bits per heavy atom. The van der Waals surface area contributed by atoms with Crippen LogP contribution in [0.15, 0.2) is 67.8 Å². The lowest BCUT2D eigenvalue weighted by Gasteiger charge is -2.37. The summed E-state index contributed by atoms with van der Waals surface area (Å²) in [7, 11) is 7.85. The molecule has 6 aliphatic rings. The Morgan fingerprint density at radius 3 is 1.25 bits per heavy atom. The number of rotatable bonds is 17. The van der Waals surface area contributed by atoms with Crippen molar-refractivity contribution in [1.82, 2.24) is 33.3 Å². The van der Waals surface area contributed by atoms with E-state index in [0.717, 1.165) is 44.5 Å². The number of carboxylic acid groups (broad SMARTS) is 1. The standard InChI is InChI=1S/C20H26F3N3O4.C20H25F2N3O4.C20H24FN3O4.C18H20FN3O4/c1-4-30-20(29)14(10-24-12(2)11-27)19(28)13-9-15(21)18(17(23)16(13)22)26-7-5-25(3)6-8-26;1-4-29-20(28)14-10-25(12(2)11-26)17-13(19(14)27)9-15(21)18(16(17)22)24-7-5-23(3)6-8-24;1-4-27-20(26)14-10-24-12(2)11-28-19-16(24)13(18(14)25)9-15(21)17(19)23-7-5-22(3)6-8-23;1-10-9-26-17-14-11(16(23)12(18(24)25)8-22(10)14)7-13(19)15(17)21-5-3-20(2)4-6-21/h9-10,12,27-28H,4-8,11H2,1-3H3;9-10,12,26H,4-8,11H2,1-3H3;9-10,12H,4-8,11H2,1-3H3;7-8,10H,3-6,9H2,1-2H3,(H,24,25)/t3*12-;10-/m0000/s1. The van der Waals surface area contributed by atoms with E-state index >= 15 is 8.78 Å². The van der Waals surface area contributed by atoms with E-state index in [2.05, 4.69) is 19.7 Å². The molecule has 0 aliphatic carbocycles. The number of pyridine rings is 3. The molecule has 4 aromatic carbocycles. The van der Waals surface area contributed by atoms with Crippen molar-refractivity contribution in [3.05, 3.63) is 142 Å². The molecular formula is C78H95F7N12O16. The van der Waals surface area contributed by atoms with Crippen molar-refractivity contribution < 1.29 is 94.0 Å². The van der Waals surface area contributed by atoms with E-state index in [4.69, 9.17) is 28.8 Å². The van der Waals surface area contributed by atoms with Crippen molar-refractivity contribution in [2.24, 2.45) is 4.99 Å². The first-order valence-corrected chi connectivity index (χ1v) is 37.3. The second-order valence-electron chi connectivity index (χ2n) is 28.6. The van der Waals surface area contributed by atoms with Gasteiger partial charge in [0.25, 0.3) is 0 Å². The molecule has 0 unspecified atom stereocenters. The van der Waals surface area contributed by atoms with Crippen LogP contribution >= 0.6 is 0 Å². The van der Waals surface area contributed by atoms with Gasteiger partial charge >= 0.3 is 23.9 Å². The monoisotopic (exact) mass is 1590 g/mol. The van der Waals surface area contributed by atoms with Gasteiger partial charge in [-0.1, -0.05) is 0 Å². The first-order chi connectivity index (χ1) is 53.8. The van der Waals surface area contributed by atoms with Crippen LogP contribution in [0.25, 0.3) is 38.5 Å². The second kappa shape index (κ2) is 36.7. The Labute approximate surface area is 646 Å². The molecule has 4 atom stereocenters. The summed E-state index contributed by atoms with van der Waals surface area (Å²) >= 11 is 0. The van der Waals surface area contributed by atoms with E-state index in [1.807, 2.05) is 61.3 Å². The Hall–Kier alpha value is -10.3. The number of aromatic nitrogens is 3. The summed E-state index contributed by atoms with van der Waals surface area (Å²) in [6.07, 6.45) is 4.93. The SMILES string of the molecule is CCOC(=O)C(C=N[C@@H](C)CO)=C(O)c1cc(F)c(N2CCN(C)CC2)c(F)c1F.CCOC(=O)c1cn([C@@H](C)CO)c2c(F)c(N3CCN(C)CC3)c(F)cc2c1=O.CCOC(=O)c1cn2c3c(c(N4CCN(C)CC4)c(F)cc3c1=O)OC[C@@H]2C.C[C@H]1COc2c(N3CCN(C)CC3)c(F)cc3c(=O)c(C(=O)O)cn1c23. The number of benzene rings is 4. The lowest BCUT2D eigenvalue weighted by Crippen LogP contribution is -2.45. The number of carbonyl (C=O) groups excluding carboxylic acids is 3. The number of carbonyl (C=O) groups is 4. The number of likely N-dealkylation sites (N-methyl/N-ethyl adjacent to an activating group) is 4. The fraction of sp³-hybridized carbons (Fsp3) is 0.487. The van der Waals surface area contributed by atoms with Gasteiger partial charge in [0.15, 0.2) is 40.6 Å².